The summed E-state index contributed by atoms with van der Waals surface area (Å²) in [4.78, 5) is 38.7. The first-order valence-corrected chi connectivity index (χ1v) is 8.82. The number of carbonyl (C=O) groups is 2. The number of nitrogens with one attached hydrogen (secondary N) is 1. The third kappa shape index (κ3) is 4.50. The minimum atomic E-state index is -0.537. The summed E-state index contributed by atoms with van der Waals surface area (Å²) in [6, 6.07) is 4.48. The molecule has 142 valence electrons. The van der Waals surface area contributed by atoms with Crippen LogP contribution in [0, 0.1) is 10.1 Å². The molecule has 0 heterocycles. The summed E-state index contributed by atoms with van der Waals surface area (Å²) in [6.45, 7) is -0.0482. The molecule has 0 aliphatic heterocycles. The molecule has 1 aliphatic rings. The number of hydrogen-bond donors (Lipinski definition) is 1. The number of rotatable bonds is 6. The molecule has 0 radical (unpaired) electrons. The van der Waals surface area contributed by atoms with E-state index in [1.54, 1.807) is 19.0 Å². The van der Waals surface area contributed by atoms with Crippen molar-refractivity contribution < 1.29 is 14.5 Å². The summed E-state index contributed by atoms with van der Waals surface area (Å²) in [5.41, 5.74) is 0.353. The molecule has 1 N–H and O–H groups in total. The first-order chi connectivity index (χ1) is 12.3. The van der Waals surface area contributed by atoms with E-state index in [-0.39, 0.29) is 29.7 Å². The van der Waals surface area contributed by atoms with Crippen molar-refractivity contribution >= 4 is 23.2 Å². The van der Waals surface area contributed by atoms with Gasteiger partial charge in [-0.05, 0) is 25.0 Å². The predicted molar refractivity (Wildman–Crippen MR) is 99.2 cm³/mol. The van der Waals surface area contributed by atoms with E-state index in [0.29, 0.717) is 5.69 Å². The molecule has 0 aromatic heterocycles. The molecule has 0 atom stereocenters. The van der Waals surface area contributed by atoms with Crippen LogP contribution in [0.2, 0.25) is 0 Å². The maximum atomic E-state index is 12.6. The van der Waals surface area contributed by atoms with Gasteiger partial charge < -0.3 is 15.1 Å². The number of nitro benzene ring substituents is 1. The highest BCUT2D eigenvalue weighted by Gasteiger charge is 2.25. The molecule has 0 spiro atoms. The van der Waals surface area contributed by atoms with Crippen LogP contribution < -0.4 is 5.32 Å². The molecule has 2 rings (SSSR count). The zero-order valence-corrected chi connectivity index (χ0v) is 15.5. The maximum Gasteiger partial charge on any atom is 0.293 e. The van der Waals surface area contributed by atoms with Crippen molar-refractivity contribution in [2.45, 2.75) is 38.1 Å². The number of nitro groups is 1. The standard InChI is InChI=1S/C18H26N4O4/c1-19-15-10-9-13(11-16(15)22(25)26)18(24)20(2)12-17(23)21(3)14-7-5-4-6-8-14/h9-11,14,19H,4-8,12H2,1-3H3. The molecule has 0 bridgehead atoms. The van der Waals surface area contributed by atoms with E-state index < -0.39 is 10.8 Å². The minimum absolute atomic E-state index is 0.0482. The van der Waals surface area contributed by atoms with Gasteiger partial charge in [-0.25, -0.2) is 0 Å². The summed E-state index contributed by atoms with van der Waals surface area (Å²) < 4.78 is 0. The van der Waals surface area contributed by atoms with Crippen LogP contribution in [0.15, 0.2) is 18.2 Å². The zero-order valence-electron chi connectivity index (χ0n) is 15.5. The molecule has 2 amide bonds. The summed E-state index contributed by atoms with van der Waals surface area (Å²) in [7, 11) is 4.89. The minimum Gasteiger partial charge on any atom is -0.383 e. The van der Waals surface area contributed by atoms with Crippen LogP contribution in [0.5, 0.6) is 0 Å². The molecule has 1 fully saturated rings. The Morgan fingerprint density at radius 3 is 2.46 bits per heavy atom. The van der Waals surface area contributed by atoms with E-state index in [9.17, 15) is 19.7 Å². The van der Waals surface area contributed by atoms with Crippen LogP contribution in [0.1, 0.15) is 42.5 Å². The lowest BCUT2D eigenvalue weighted by atomic mass is 9.94. The van der Waals surface area contributed by atoms with Crippen molar-refractivity contribution in [1.29, 1.82) is 0 Å². The SMILES string of the molecule is CNc1ccc(C(=O)N(C)CC(=O)N(C)C2CCCCC2)cc1[N+](=O)[O-]. The van der Waals surface area contributed by atoms with E-state index in [1.807, 2.05) is 0 Å². The van der Waals surface area contributed by atoms with Crippen LogP contribution in [0.25, 0.3) is 0 Å². The van der Waals surface area contributed by atoms with Gasteiger partial charge in [-0.3, -0.25) is 19.7 Å². The van der Waals surface area contributed by atoms with Gasteiger partial charge in [-0.15, -0.1) is 0 Å². The van der Waals surface area contributed by atoms with Gasteiger partial charge in [0.05, 0.1) is 11.5 Å². The second kappa shape index (κ2) is 8.64. The van der Waals surface area contributed by atoms with Crippen LogP contribution in [-0.4, -0.2) is 60.3 Å². The monoisotopic (exact) mass is 362 g/mol. The number of likely N-dealkylation sites (N-methyl/N-ethyl adjacent to an activating group) is 2. The molecule has 1 aliphatic carbocycles. The molecule has 0 saturated heterocycles. The normalized spacial score (nSPS) is 14.6. The Kier molecular flexibility index (Phi) is 6.54. The number of benzene rings is 1. The maximum absolute atomic E-state index is 12.6. The summed E-state index contributed by atoms with van der Waals surface area (Å²) in [5, 5.41) is 13.9. The fourth-order valence-corrected chi connectivity index (χ4v) is 3.31. The summed E-state index contributed by atoms with van der Waals surface area (Å²) in [5.74, 6) is -0.532. The highest BCUT2D eigenvalue weighted by molar-refractivity contribution is 5.97. The topological polar surface area (TPSA) is 95.8 Å². The zero-order chi connectivity index (χ0) is 19.3. The van der Waals surface area contributed by atoms with Crippen LogP contribution in [0.4, 0.5) is 11.4 Å². The van der Waals surface area contributed by atoms with Gasteiger partial charge in [0, 0.05) is 38.8 Å². The third-order valence-electron chi connectivity index (χ3n) is 4.95. The number of anilines is 1. The molecule has 1 aromatic rings. The van der Waals surface area contributed by atoms with Gasteiger partial charge in [0.1, 0.15) is 5.69 Å². The predicted octanol–water partition coefficient (Wildman–Crippen LogP) is 2.50. The molecular weight excluding hydrogens is 336 g/mol. The van der Waals surface area contributed by atoms with Crippen molar-refractivity contribution in [2.24, 2.45) is 0 Å². The van der Waals surface area contributed by atoms with Crippen molar-refractivity contribution in [3.8, 4) is 0 Å². The molecule has 8 nitrogen and oxygen atoms in total. The van der Waals surface area contributed by atoms with E-state index in [0.717, 1.165) is 25.7 Å². The summed E-state index contributed by atoms with van der Waals surface area (Å²) >= 11 is 0. The second-order valence-corrected chi connectivity index (χ2v) is 6.70. The lowest BCUT2D eigenvalue weighted by Crippen LogP contribution is -2.44. The van der Waals surface area contributed by atoms with E-state index >= 15 is 0 Å². The lowest BCUT2D eigenvalue weighted by Gasteiger charge is -2.32. The summed E-state index contributed by atoms with van der Waals surface area (Å²) in [6.07, 6.45) is 5.45. The Morgan fingerprint density at radius 2 is 1.88 bits per heavy atom. The number of carbonyl (C=O) groups excluding carboxylic acids is 2. The van der Waals surface area contributed by atoms with Gasteiger partial charge >= 0.3 is 0 Å². The Labute approximate surface area is 153 Å². The molecule has 0 unspecified atom stereocenters. The van der Waals surface area contributed by atoms with Gasteiger partial charge in [0.25, 0.3) is 11.6 Å². The quantitative estimate of drug-likeness (QED) is 0.619. The molecule has 1 saturated carbocycles. The van der Waals surface area contributed by atoms with E-state index in [2.05, 4.69) is 5.32 Å². The Balaban J connectivity index is 2.05. The number of hydrogen-bond acceptors (Lipinski definition) is 5. The smallest absolute Gasteiger partial charge is 0.293 e. The first kappa shape index (κ1) is 19.7. The van der Waals surface area contributed by atoms with Crippen molar-refractivity contribution in [1.82, 2.24) is 9.80 Å². The Hall–Kier alpha value is -2.64. The van der Waals surface area contributed by atoms with Gasteiger partial charge in [0.2, 0.25) is 5.91 Å². The Bertz CT molecular complexity index is 686. The average Bonchev–Trinajstić information content (AvgIpc) is 2.66. The molecular formula is C18H26N4O4. The van der Waals surface area contributed by atoms with Crippen LogP contribution in [-0.2, 0) is 4.79 Å². The molecule has 8 heteroatoms. The van der Waals surface area contributed by atoms with E-state index in [1.165, 1.54) is 36.6 Å². The largest absolute Gasteiger partial charge is 0.383 e. The first-order valence-electron chi connectivity index (χ1n) is 8.82. The fourth-order valence-electron chi connectivity index (χ4n) is 3.31. The Morgan fingerprint density at radius 1 is 1.23 bits per heavy atom. The van der Waals surface area contributed by atoms with Crippen molar-refractivity contribution in [3.63, 3.8) is 0 Å². The number of amides is 2. The average molecular weight is 362 g/mol. The molecule has 26 heavy (non-hydrogen) atoms. The highest BCUT2D eigenvalue weighted by atomic mass is 16.6. The second-order valence-electron chi connectivity index (χ2n) is 6.70. The van der Waals surface area contributed by atoms with Gasteiger partial charge in [-0.2, -0.15) is 0 Å². The van der Waals surface area contributed by atoms with Crippen LogP contribution >= 0.6 is 0 Å². The number of nitrogens with zero attached hydrogens (tertiary/aromatic N) is 3. The van der Waals surface area contributed by atoms with Gasteiger partial charge in [-0.1, -0.05) is 19.3 Å². The third-order valence-corrected chi connectivity index (χ3v) is 4.95. The van der Waals surface area contributed by atoms with Gasteiger partial charge in [0.15, 0.2) is 0 Å². The van der Waals surface area contributed by atoms with Crippen LogP contribution in [0.3, 0.4) is 0 Å². The van der Waals surface area contributed by atoms with E-state index in [4.69, 9.17) is 0 Å². The highest BCUT2D eigenvalue weighted by Crippen LogP contribution is 2.26. The van der Waals surface area contributed by atoms with Crippen molar-refractivity contribution in [2.75, 3.05) is 33.0 Å². The van der Waals surface area contributed by atoms with Crippen molar-refractivity contribution in [3.05, 3.63) is 33.9 Å². The molecule has 1 aromatic carbocycles. The lowest BCUT2D eigenvalue weighted by molar-refractivity contribution is -0.384. The fraction of sp³-hybridized carbons (Fsp3) is 0.556.